The van der Waals surface area contributed by atoms with Gasteiger partial charge in [0.25, 0.3) is 0 Å². The predicted molar refractivity (Wildman–Crippen MR) is 89.9 cm³/mol. The van der Waals surface area contributed by atoms with Crippen LogP contribution in [0.4, 0.5) is 0 Å². The van der Waals surface area contributed by atoms with Gasteiger partial charge in [-0.1, -0.05) is 24.2 Å². The summed E-state index contributed by atoms with van der Waals surface area (Å²) >= 11 is 1.29. The fraction of sp³-hybridized carbons (Fsp3) is 0.312. The summed E-state index contributed by atoms with van der Waals surface area (Å²) < 4.78 is 26.7. The lowest BCUT2D eigenvalue weighted by Gasteiger charge is -2.25. The molecule has 0 spiro atoms. The Kier molecular flexibility index (Phi) is 5.14. The lowest BCUT2D eigenvalue weighted by atomic mass is 10.2. The van der Waals surface area contributed by atoms with Crippen LogP contribution in [0.15, 0.2) is 51.5 Å². The number of aromatic nitrogens is 2. The molecule has 1 aliphatic rings. The predicted octanol–water partition coefficient (Wildman–Crippen LogP) is 2.67. The molecule has 0 saturated carbocycles. The monoisotopic (exact) mass is 360 g/mol. The van der Waals surface area contributed by atoms with E-state index in [9.17, 15) is 8.42 Å². The van der Waals surface area contributed by atoms with Gasteiger partial charge >= 0.3 is 0 Å². The van der Waals surface area contributed by atoms with Crippen molar-refractivity contribution in [3.63, 3.8) is 0 Å². The van der Waals surface area contributed by atoms with Crippen molar-refractivity contribution < 1.29 is 8.42 Å². The van der Waals surface area contributed by atoms with Gasteiger partial charge in [0.15, 0.2) is 0 Å². The average molecular weight is 360 g/mol. The Hall–Kier alpha value is -1.95. The van der Waals surface area contributed by atoms with Crippen LogP contribution in [-0.4, -0.2) is 35.8 Å². The maximum Gasteiger partial charge on any atom is 0.244 e. The summed E-state index contributed by atoms with van der Waals surface area (Å²) in [6, 6.07) is 10.4. The topological polar surface area (TPSA) is 87.0 Å². The molecule has 3 rings (SSSR count). The molecule has 1 saturated heterocycles. The lowest BCUT2D eigenvalue weighted by Crippen LogP contribution is -2.35. The molecule has 3 heterocycles. The van der Waals surface area contributed by atoms with E-state index in [2.05, 4.69) is 9.97 Å². The van der Waals surface area contributed by atoms with Gasteiger partial charge in [-0.05, 0) is 37.1 Å². The Morgan fingerprint density at radius 2 is 1.88 bits per heavy atom. The molecule has 124 valence electrons. The molecule has 2 aromatic heterocycles. The zero-order valence-electron chi connectivity index (χ0n) is 12.9. The first-order valence-corrected chi connectivity index (χ1v) is 9.86. The SMILES string of the molecule is N#Cc1cccc(Sc2ccc(S(=O)(=O)N3CCCCC3)cn2)n1. The third-order valence-electron chi connectivity index (χ3n) is 3.71. The van der Waals surface area contributed by atoms with Gasteiger partial charge in [0.05, 0.1) is 0 Å². The standard InChI is InChI=1S/C16H16N4O2S2/c17-11-13-5-4-6-16(19-13)23-15-8-7-14(12-18-15)24(21,22)20-9-2-1-3-10-20/h4-8,12H,1-3,9-10H2. The number of hydrogen-bond donors (Lipinski definition) is 0. The zero-order chi connectivity index (χ0) is 17.0. The third kappa shape index (κ3) is 3.75. The van der Waals surface area contributed by atoms with E-state index < -0.39 is 10.0 Å². The van der Waals surface area contributed by atoms with Gasteiger partial charge in [-0.25, -0.2) is 18.4 Å². The Bertz CT molecular complexity index is 854. The molecule has 0 amide bonds. The van der Waals surface area contributed by atoms with E-state index in [0.29, 0.717) is 28.8 Å². The Labute approximate surface area is 145 Å². The zero-order valence-corrected chi connectivity index (χ0v) is 14.6. The summed E-state index contributed by atoms with van der Waals surface area (Å²) in [5.74, 6) is 0. The highest BCUT2D eigenvalue weighted by Gasteiger charge is 2.26. The van der Waals surface area contributed by atoms with E-state index in [1.807, 2.05) is 6.07 Å². The molecule has 0 unspecified atom stereocenters. The molecular weight excluding hydrogens is 344 g/mol. The normalized spacial score (nSPS) is 15.8. The number of hydrogen-bond acceptors (Lipinski definition) is 6. The fourth-order valence-electron chi connectivity index (χ4n) is 2.48. The first kappa shape index (κ1) is 16.9. The highest BCUT2D eigenvalue weighted by Crippen LogP contribution is 2.26. The summed E-state index contributed by atoms with van der Waals surface area (Å²) in [7, 11) is -3.46. The molecule has 0 atom stereocenters. The minimum atomic E-state index is -3.46. The smallest absolute Gasteiger partial charge is 0.244 e. The van der Waals surface area contributed by atoms with E-state index in [1.54, 1.807) is 30.3 Å². The van der Waals surface area contributed by atoms with Crippen LogP contribution in [0.3, 0.4) is 0 Å². The van der Waals surface area contributed by atoms with Crippen molar-refractivity contribution in [2.24, 2.45) is 0 Å². The van der Waals surface area contributed by atoms with Crippen LogP contribution in [-0.2, 0) is 10.0 Å². The van der Waals surface area contributed by atoms with Crippen LogP contribution in [0.2, 0.25) is 0 Å². The van der Waals surface area contributed by atoms with Gasteiger partial charge in [0.1, 0.15) is 26.7 Å². The van der Waals surface area contributed by atoms with Gasteiger partial charge < -0.3 is 0 Å². The van der Waals surface area contributed by atoms with Crippen molar-refractivity contribution in [2.75, 3.05) is 13.1 Å². The molecule has 6 nitrogen and oxygen atoms in total. The van der Waals surface area contributed by atoms with Gasteiger partial charge in [-0.3, -0.25) is 0 Å². The molecule has 0 bridgehead atoms. The second kappa shape index (κ2) is 7.30. The van der Waals surface area contributed by atoms with E-state index in [4.69, 9.17) is 5.26 Å². The molecule has 2 aromatic rings. The molecular formula is C16H16N4O2S2. The summed E-state index contributed by atoms with van der Waals surface area (Å²) in [6.07, 6.45) is 4.28. The molecule has 0 N–H and O–H groups in total. The molecule has 1 aliphatic heterocycles. The van der Waals surface area contributed by atoms with Crippen molar-refractivity contribution in [1.29, 1.82) is 5.26 Å². The minimum absolute atomic E-state index is 0.215. The Morgan fingerprint density at radius 1 is 1.08 bits per heavy atom. The molecule has 0 aromatic carbocycles. The van der Waals surface area contributed by atoms with Crippen LogP contribution in [0.25, 0.3) is 0 Å². The first-order valence-electron chi connectivity index (χ1n) is 7.61. The highest BCUT2D eigenvalue weighted by atomic mass is 32.2. The van der Waals surface area contributed by atoms with Crippen LogP contribution in [0.5, 0.6) is 0 Å². The second-order valence-electron chi connectivity index (χ2n) is 5.37. The quantitative estimate of drug-likeness (QED) is 0.833. The molecule has 8 heteroatoms. The minimum Gasteiger partial charge on any atom is -0.248 e. The number of piperidine rings is 1. The maximum absolute atomic E-state index is 12.6. The number of nitriles is 1. The van der Waals surface area contributed by atoms with Crippen LogP contribution in [0, 0.1) is 11.3 Å². The molecule has 0 aliphatic carbocycles. The van der Waals surface area contributed by atoms with E-state index >= 15 is 0 Å². The van der Waals surface area contributed by atoms with Gasteiger partial charge in [-0.15, -0.1) is 0 Å². The van der Waals surface area contributed by atoms with Crippen molar-refractivity contribution in [2.45, 2.75) is 34.2 Å². The van der Waals surface area contributed by atoms with Crippen molar-refractivity contribution in [1.82, 2.24) is 14.3 Å². The summed E-state index contributed by atoms with van der Waals surface area (Å²) in [5, 5.41) is 10.2. The molecule has 1 fully saturated rings. The van der Waals surface area contributed by atoms with Crippen molar-refractivity contribution in [3.05, 3.63) is 42.2 Å². The van der Waals surface area contributed by atoms with Crippen LogP contribution < -0.4 is 0 Å². The van der Waals surface area contributed by atoms with E-state index in [0.717, 1.165) is 19.3 Å². The highest BCUT2D eigenvalue weighted by molar-refractivity contribution is 7.99. The number of pyridine rings is 2. The summed E-state index contributed by atoms with van der Waals surface area (Å²) in [4.78, 5) is 8.61. The Balaban J connectivity index is 1.76. The second-order valence-corrected chi connectivity index (χ2v) is 8.35. The molecule has 24 heavy (non-hydrogen) atoms. The fourth-order valence-corrected chi connectivity index (χ4v) is 4.68. The van der Waals surface area contributed by atoms with Crippen molar-refractivity contribution >= 4 is 21.8 Å². The van der Waals surface area contributed by atoms with Gasteiger partial charge in [0.2, 0.25) is 10.0 Å². The van der Waals surface area contributed by atoms with Crippen molar-refractivity contribution in [3.8, 4) is 6.07 Å². The lowest BCUT2D eigenvalue weighted by molar-refractivity contribution is 0.346. The van der Waals surface area contributed by atoms with E-state index in [-0.39, 0.29) is 4.90 Å². The largest absolute Gasteiger partial charge is 0.248 e. The number of nitrogens with zero attached hydrogens (tertiary/aromatic N) is 4. The maximum atomic E-state index is 12.6. The van der Waals surface area contributed by atoms with Gasteiger partial charge in [0, 0.05) is 19.3 Å². The average Bonchev–Trinajstić information content (AvgIpc) is 2.63. The first-order chi connectivity index (χ1) is 11.6. The Morgan fingerprint density at radius 3 is 2.54 bits per heavy atom. The molecule has 0 radical (unpaired) electrons. The number of sulfonamides is 1. The summed E-state index contributed by atoms with van der Waals surface area (Å²) in [5.41, 5.74) is 0.337. The van der Waals surface area contributed by atoms with Gasteiger partial charge in [-0.2, -0.15) is 9.57 Å². The van der Waals surface area contributed by atoms with Crippen LogP contribution >= 0.6 is 11.8 Å². The van der Waals surface area contributed by atoms with Crippen LogP contribution in [0.1, 0.15) is 25.0 Å². The third-order valence-corrected chi connectivity index (χ3v) is 6.48. The summed E-state index contributed by atoms with van der Waals surface area (Å²) in [6.45, 7) is 1.15. The van der Waals surface area contributed by atoms with E-state index in [1.165, 1.54) is 22.3 Å². The number of rotatable bonds is 4.